The third kappa shape index (κ3) is 1.87. The molecule has 3 nitrogen and oxygen atoms in total. The standard InChI is InChI=1S/C12H14BrN3/c1-16-11-6-8(13)2-5-10(11)15-12(16)7-14-9-3-4-9/h2,5-6,9,14H,3-4,7H2,1H3. The molecule has 1 fully saturated rings. The van der Waals surface area contributed by atoms with Crippen LogP contribution in [0.5, 0.6) is 0 Å². The van der Waals surface area contributed by atoms with Gasteiger partial charge in [-0.1, -0.05) is 15.9 Å². The molecule has 0 amide bonds. The van der Waals surface area contributed by atoms with Gasteiger partial charge in [-0.15, -0.1) is 0 Å². The summed E-state index contributed by atoms with van der Waals surface area (Å²) in [4.78, 5) is 4.63. The van der Waals surface area contributed by atoms with Gasteiger partial charge in [0.05, 0.1) is 17.6 Å². The maximum Gasteiger partial charge on any atom is 0.123 e. The van der Waals surface area contributed by atoms with E-state index in [2.05, 4.69) is 50.0 Å². The molecule has 84 valence electrons. The summed E-state index contributed by atoms with van der Waals surface area (Å²) in [6, 6.07) is 6.93. The highest BCUT2D eigenvalue weighted by Crippen LogP contribution is 2.22. The van der Waals surface area contributed by atoms with Crippen LogP contribution < -0.4 is 5.32 Å². The number of halogens is 1. The van der Waals surface area contributed by atoms with Gasteiger partial charge in [0, 0.05) is 17.6 Å². The van der Waals surface area contributed by atoms with Gasteiger partial charge in [-0.05, 0) is 31.0 Å². The van der Waals surface area contributed by atoms with E-state index in [4.69, 9.17) is 0 Å². The zero-order valence-electron chi connectivity index (χ0n) is 9.20. The van der Waals surface area contributed by atoms with Gasteiger partial charge in [-0.25, -0.2) is 4.98 Å². The predicted molar refractivity (Wildman–Crippen MR) is 68.3 cm³/mol. The van der Waals surface area contributed by atoms with Crippen molar-refractivity contribution in [1.29, 1.82) is 0 Å². The number of fused-ring (bicyclic) bond motifs is 1. The van der Waals surface area contributed by atoms with Crippen LogP contribution in [0.2, 0.25) is 0 Å². The molecular weight excluding hydrogens is 266 g/mol. The summed E-state index contributed by atoms with van der Waals surface area (Å²) in [6.45, 7) is 0.869. The van der Waals surface area contributed by atoms with Crippen LogP contribution in [0.4, 0.5) is 0 Å². The van der Waals surface area contributed by atoms with Crippen LogP contribution in [0.15, 0.2) is 22.7 Å². The van der Waals surface area contributed by atoms with E-state index >= 15 is 0 Å². The number of imidazole rings is 1. The summed E-state index contributed by atoms with van der Waals surface area (Å²) in [6.07, 6.45) is 2.63. The van der Waals surface area contributed by atoms with Crippen LogP contribution in [-0.4, -0.2) is 15.6 Å². The van der Waals surface area contributed by atoms with Crippen molar-refractivity contribution in [2.45, 2.75) is 25.4 Å². The molecule has 0 radical (unpaired) electrons. The highest BCUT2D eigenvalue weighted by molar-refractivity contribution is 9.10. The molecule has 1 aliphatic rings. The fourth-order valence-electron chi connectivity index (χ4n) is 1.89. The average molecular weight is 280 g/mol. The predicted octanol–water partition coefficient (Wildman–Crippen LogP) is 2.59. The summed E-state index contributed by atoms with van der Waals surface area (Å²) in [7, 11) is 2.08. The number of aryl methyl sites for hydroxylation is 1. The number of aromatic nitrogens is 2. The average Bonchev–Trinajstić information content (AvgIpc) is 3.04. The molecule has 0 bridgehead atoms. The van der Waals surface area contributed by atoms with Crippen LogP contribution in [0, 0.1) is 0 Å². The summed E-state index contributed by atoms with van der Waals surface area (Å²) >= 11 is 3.49. The smallest absolute Gasteiger partial charge is 0.123 e. The zero-order valence-corrected chi connectivity index (χ0v) is 10.8. The summed E-state index contributed by atoms with van der Waals surface area (Å²) < 4.78 is 3.26. The Morgan fingerprint density at radius 3 is 3.06 bits per heavy atom. The summed E-state index contributed by atoms with van der Waals surface area (Å²) in [5.41, 5.74) is 2.25. The second-order valence-corrected chi connectivity index (χ2v) is 5.29. The van der Waals surface area contributed by atoms with E-state index in [1.165, 1.54) is 18.4 Å². The molecular formula is C12H14BrN3. The van der Waals surface area contributed by atoms with E-state index < -0.39 is 0 Å². The third-order valence-corrected chi connectivity index (χ3v) is 3.55. The van der Waals surface area contributed by atoms with E-state index in [9.17, 15) is 0 Å². The van der Waals surface area contributed by atoms with Gasteiger partial charge in [0.1, 0.15) is 5.82 Å². The molecule has 2 aromatic rings. The fourth-order valence-corrected chi connectivity index (χ4v) is 2.24. The van der Waals surface area contributed by atoms with E-state index in [1.807, 2.05) is 6.07 Å². The van der Waals surface area contributed by atoms with Gasteiger partial charge in [0.15, 0.2) is 0 Å². The van der Waals surface area contributed by atoms with E-state index in [1.54, 1.807) is 0 Å². The molecule has 0 atom stereocenters. The molecule has 3 rings (SSSR count). The zero-order chi connectivity index (χ0) is 11.1. The van der Waals surface area contributed by atoms with Crippen molar-refractivity contribution in [3.05, 3.63) is 28.5 Å². The van der Waals surface area contributed by atoms with Crippen molar-refractivity contribution in [3.8, 4) is 0 Å². The lowest BCUT2D eigenvalue weighted by atomic mass is 10.3. The van der Waals surface area contributed by atoms with E-state index in [0.29, 0.717) is 0 Å². The lowest BCUT2D eigenvalue weighted by Gasteiger charge is -2.03. The van der Waals surface area contributed by atoms with Crippen molar-refractivity contribution in [3.63, 3.8) is 0 Å². The molecule has 4 heteroatoms. The molecule has 1 aromatic carbocycles. The van der Waals surface area contributed by atoms with Gasteiger partial charge in [0.2, 0.25) is 0 Å². The molecule has 1 aromatic heterocycles. The highest BCUT2D eigenvalue weighted by Gasteiger charge is 2.21. The molecule has 1 aliphatic carbocycles. The van der Waals surface area contributed by atoms with Crippen molar-refractivity contribution >= 4 is 27.0 Å². The van der Waals surface area contributed by atoms with Crippen LogP contribution in [-0.2, 0) is 13.6 Å². The molecule has 0 unspecified atom stereocenters. The topological polar surface area (TPSA) is 29.9 Å². The molecule has 0 aliphatic heterocycles. The van der Waals surface area contributed by atoms with E-state index in [-0.39, 0.29) is 0 Å². The number of hydrogen-bond donors (Lipinski definition) is 1. The van der Waals surface area contributed by atoms with Crippen molar-refractivity contribution < 1.29 is 0 Å². The fraction of sp³-hybridized carbons (Fsp3) is 0.417. The Bertz CT molecular complexity index is 528. The Morgan fingerprint density at radius 1 is 1.50 bits per heavy atom. The Hall–Kier alpha value is -0.870. The third-order valence-electron chi connectivity index (χ3n) is 3.06. The SMILES string of the molecule is Cn1c(CNC2CC2)nc2ccc(Br)cc21. The first kappa shape index (κ1) is 10.3. The van der Waals surface area contributed by atoms with Crippen molar-refractivity contribution in [2.75, 3.05) is 0 Å². The summed E-state index contributed by atoms with van der Waals surface area (Å²) in [5.74, 6) is 1.11. The summed E-state index contributed by atoms with van der Waals surface area (Å²) in [5, 5.41) is 3.49. The van der Waals surface area contributed by atoms with Gasteiger partial charge in [-0.2, -0.15) is 0 Å². The molecule has 1 heterocycles. The number of nitrogens with one attached hydrogen (secondary N) is 1. The Labute approximate surface area is 103 Å². The Morgan fingerprint density at radius 2 is 2.31 bits per heavy atom. The van der Waals surface area contributed by atoms with Gasteiger partial charge in [-0.3, -0.25) is 0 Å². The second-order valence-electron chi connectivity index (χ2n) is 4.38. The van der Waals surface area contributed by atoms with Crippen LogP contribution in [0.1, 0.15) is 18.7 Å². The number of benzene rings is 1. The maximum absolute atomic E-state index is 4.63. The van der Waals surface area contributed by atoms with Gasteiger partial charge >= 0.3 is 0 Å². The largest absolute Gasteiger partial charge is 0.330 e. The quantitative estimate of drug-likeness (QED) is 0.936. The van der Waals surface area contributed by atoms with Crippen molar-refractivity contribution in [2.24, 2.45) is 7.05 Å². The molecule has 1 saturated carbocycles. The van der Waals surface area contributed by atoms with Crippen LogP contribution in [0.3, 0.4) is 0 Å². The Balaban J connectivity index is 1.94. The molecule has 0 saturated heterocycles. The van der Waals surface area contributed by atoms with Crippen molar-refractivity contribution in [1.82, 2.24) is 14.9 Å². The lowest BCUT2D eigenvalue weighted by molar-refractivity contribution is 0.639. The normalized spacial score (nSPS) is 15.9. The maximum atomic E-state index is 4.63. The first-order valence-electron chi connectivity index (χ1n) is 5.58. The van der Waals surface area contributed by atoms with Crippen LogP contribution in [0.25, 0.3) is 11.0 Å². The molecule has 16 heavy (non-hydrogen) atoms. The lowest BCUT2D eigenvalue weighted by Crippen LogP contribution is -2.18. The van der Waals surface area contributed by atoms with Crippen LogP contribution >= 0.6 is 15.9 Å². The minimum absolute atomic E-state index is 0.728. The highest BCUT2D eigenvalue weighted by atomic mass is 79.9. The first-order valence-corrected chi connectivity index (χ1v) is 6.37. The number of nitrogens with zero attached hydrogens (tertiary/aromatic N) is 2. The van der Waals surface area contributed by atoms with E-state index in [0.717, 1.165) is 28.4 Å². The molecule has 1 N–H and O–H groups in total. The number of hydrogen-bond acceptors (Lipinski definition) is 2. The Kier molecular flexibility index (Phi) is 2.48. The molecule has 0 spiro atoms. The van der Waals surface area contributed by atoms with Gasteiger partial charge < -0.3 is 9.88 Å². The second kappa shape index (κ2) is 3.86. The monoisotopic (exact) mass is 279 g/mol. The van der Waals surface area contributed by atoms with Gasteiger partial charge in [0.25, 0.3) is 0 Å². The minimum atomic E-state index is 0.728. The minimum Gasteiger partial charge on any atom is -0.330 e. The number of rotatable bonds is 3. The first-order chi connectivity index (χ1) is 7.74.